The number of benzene rings is 2. The molecule has 1 aliphatic carbocycles. The van der Waals surface area contributed by atoms with E-state index in [9.17, 15) is 9.59 Å². The lowest BCUT2D eigenvalue weighted by Gasteiger charge is -2.43. The molecule has 0 N–H and O–H groups in total. The number of ether oxygens (including phenoxy) is 3. The van der Waals surface area contributed by atoms with Crippen molar-refractivity contribution in [1.82, 2.24) is 14.4 Å². The van der Waals surface area contributed by atoms with Crippen LogP contribution in [0.25, 0.3) is 0 Å². The number of ketones is 1. The lowest BCUT2D eigenvalue weighted by Crippen LogP contribution is -2.57. The number of Topliss-reactive ketones (excluding diaryl/α,β-unsaturated/α-hetero) is 1. The second-order valence-electron chi connectivity index (χ2n) is 18.3. The van der Waals surface area contributed by atoms with Gasteiger partial charge in [-0.25, -0.2) is 4.21 Å². The van der Waals surface area contributed by atoms with Crippen LogP contribution in [0.4, 0.5) is 5.69 Å². The number of aryl methyl sites for hydroxylation is 2. The second-order valence-corrected chi connectivity index (χ2v) is 21.1. The number of carbonyl (C=O) groups excluding carboxylic acids is 2. The third-order valence-electron chi connectivity index (χ3n) is 13.8. The van der Waals surface area contributed by atoms with Crippen molar-refractivity contribution >= 4 is 38.7 Å². The maximum absolute atomic E-state index is 15.0. The average molecular weight is 861 g/mol. The largest absolute Gasteiger partial charge is 0.490 e. The van der Waals surface area contributed by atoms with Crippen molar-refractivity contribution in [2.75, 3.05) is 82.6 Å². The van der Waals surface area contributed by atoms with Gasteiger partial charge in [0.05, 0.1) is 47.1 Å². The number of hydrogen-bond donors (Lipinski definition) is 0. The molecule has 0 radical (unpaired) electrons. The minimum Gasteiger partial charge on any atom is -0.490 e. The van der Waals surface area contributed by atoms with Crippen LogP contribution in [0, 0.1) is 17.8 Å². The van der Waals surface area contributed by atoms with E-state index in [1.807, 2.05) is 49.0 Å². The molecule has 2 bridgehead atoms. The molecule has 60 heavy (non-hydrogen) atoms. The zero-order valence-electron chi connectivity index (χ0n) is 35.9. The summed E-state index contributed by atoms with van der Waals surface area (Å²) in [7, 11) is 0.374. The van der Waals surface area contributed by atoms with Crippen molar-refractivity contribution < 1.29 is 28.0 Å². The Morgan fingerprint density at radius 3 is 2.77 bits per heavy atom. The van der Waals surface area contributed by atoms with E-state index in [0.717, 1.165) is 75.1 Å². The Kier molecular flexibility index (Phi) is 13.0. The van der Waals surface area contributed by atoms with Crippen molar-refractivity contribution in [3.05, 3.63) is 93.8 Å². The molecule has 1 spiro atoms. The summed E-state index contributed by atoms with van der Waals surface area (Å²) >= 11 is 6.50. The highest BCUT2D eigenvalue weighted by Gasteiger charge is 2.42. The number of anilines is 1. The first-order chi connectivity index (χ1) is 28.8. The summed E-state index contributed by atoms with van der Waals surface area (Å²) in [5.41, 5.74) is 4.89. The molecule has 0 unspecified atom stereocenters. The number of aromatic nitrogens is 1. The molecule has 324 valence electrons. The van der Waals surface area contributed by atoms with Crippen LogP contribution in [0.2, 0.25) is 5.02 Å². The molecule has 1 amide bonds. The van der Waals surface area contributed by atoms with Crippen LogP contribution in [0.1, 0.15) is 77.6 Å². The number of hydrogen-bond acceptors (Lipinski definition) is 9. The number of piperazine rings is 1. The molecule has 8 rings (SSSR count). The molecule has 0 saturated carbocycles. The number of amides is 1. The highest BCUT2D eigenvalue weighted by Crippen LogP contribution is 2.45. The third kappa shape index (κ3) is 9.29. The van der Waals surface area contributed by atoms with Crippen LogP contribution < -0.4 is 9.64 Å². The summed E-state index contributed by atoms with van der Waals surface area (Å²) in [4.78, 5) is 35.7. The zero-order valence-corrected chi connectivity index (χ0v) is 37.5. The zero-order chi connectivity index (χ0) is 42.2. The van der Waals surface area contributed by atoms with E-state index < -0.39 is 15.6 Å². The van der Waals surface area contributed by atoms with Crippen LogP contribution in [0.5, 0.6) is 5.75 Å². The van der Waals surface area contributed by atoms with Crippen LogP contribution >= 0.6 is 11.6 Å². The number of halogens is 1. The average Bonchev–Trinajstić information content (AvgIpc) is 3.52. The standard InChI is InChI=1S/C47H62ClN5O6S/c1-32-8-6-10-44(57-5)34(3)33(2)23-53-30-47(15-7-9-35-20-38(48)12-13-41(35)47)31-59-45-14-11-36(22-42(45)53)46(55)49-60(56,28-32)29-43(54)37-21-39(50(4)24-37)25-51-16-17-52-18-19-58-27-40(52)26-51/h6,10-14,20-22,24,32-34,40,44H,7-9,15-19,23,25-31H2,1-5H3/b10-6+/t32-,33-,34+,40-,44-,47-,60+/m0/s1. The fourth-order valence-corrected chi connectivity index (χ4v) is 12.7. The fourth-order valence-electron chi connectivity index (χ4n) is 10.2. The minimum absolute atomic E-state index is 0.106. The van der Waals surface area contributed by atoms with Gasteiger partial charge in [-0.1, -0.05) is 50.6 Å². The lowest BCUT2D eigenvalue weighted by atomic mass is 9.70. The molecule has 4 aliphatic heterocycles. The molecule has 2 saturated heterocycles. The predicted molar refractivity (Wildman–Crippen MR) is 238 cm³/mol. The van der Waals surface area contributed by atoms with Gasteiger partial charge in [-0.2, -0.15) is 4.36 Å². The third-order valence-corrected chi connectivity index (χ3v) is 16.4. The molecular weight excluding hydrogens is 798 g/mol. The van der Waals surface area contributed by atoms with Gasteiger partial charge >= 0.3 is 0 Å². The van der Waals surface area contributed by atoms with Gasteiger partial charge in [-0.05, 0) is 91.0 Å². The SMILES string of the molecule is CO[C@H]1/C=C/C[C@H](C)C[S@@](=O)(CC(=O)c2cc(CN3CCN4CCOC[C@@H]4C3)n(C)c2)=NC(=O)c2ccc3c(c2)N(C[C@H](C)[C@H]1C)C[C@@]1(CCCc2cc(Cl)ccc21)CO3. The Morgan fingerprint density at radius 2 is 1.93 bits per heavy atom. The maximum Gasteiger partial charge on any atom is 0.285 e. The summed E-state index contributed by atoms with van der Waals surface area (Å²) in [6.45, 7) is 14.5. The quantitative estimate of drug-likeness (QED) is 0.191. The summed E-state index contributed by atoms with van der Waals surface area (Å²) in [5.74, 6) is -0.110. The van der Waals surface area contributed by atoms with Crippen LogP contribution in [-0.4, -0.2) is 120 Å². The minimum atomic E-state index is -3.33. The number of allylic oxidation sites excluding steroid dienone is 1. The van der Waals surface area contributed by atoms with Crippen molar-refractivity contribution in [2.45, 2.75) is 70.6 Å². The Balaban J connectivity index is 1.10. The van der Waals surface area contributed by atoms with Gasteiger partial charge in [-0.15, -0.1) is 0 Å². The van der Waals surface area contributed by atoms with Gasteiger partial charge < -0.3 is 23.7 Å². The summed E-state index contributed by atoms with van der Waals surface area (Å²) in [6, 6.07) is 14.0. The van der Waals surface area contributed by atoms with Gasteiger partial charge in [0.2, 0.25) is 0 Å². The van der Waals surface area contributed by atoms with E-state index in [2.05, 4.69) is 57.2 Å². The van der Waals surface area contributed by atoms with E-state index in [1.165, 1.54) is 11.1 Å². The number of methoxy groups -OCH3 is 1. The number of fused-ring (bicyclic) bond motifs is 4. The van der Waals surface area contributed by atoms with Crippen molar-refractivity contribution in [2.24, 2.45) is 29.2 Å². The highest BCUT2D eigenvalue weighted by molar-refractivity contribution is 7.94. The molecule has 2 aromatic carbocycles. The molecule has 13 heteroatoms. The molecule has 11 nitrogen and oxygen atoms in total. The Hall–Kier alpha value is -3.52. The van der Waals surface area contributed by atoms with E-state index in [1.54, 1.807) is 13.2 Å². The molecule has 3 aromatic rings. The highest BCUT2D eigenvalue weighted by atomic mass is 35.5. The van der Waals surface area contributed by atoms with Gasteiger partial charge in [0.15, 0.2) is 5.78 Å². The van der Waals surface area contributed by atoms with Crippen molar-refractivity contribution in [1.29, 1.82) is 0 Å². The summed E-state index contributed by atoms with van der Waals surface area (Å²) < 4.78 is 40.1. The predicted octanol–water partition coefficient (Wildman–Crippen LogP) is 7.04. The van der Waals surface area contributed by atoms with Gasteiger partial charge in [0.1, 0.15) is 5.75 Å². The monoisotopic (exact) mass is 859 g/mol. The Bertz CT molecular complexity index is 2230. The first-order valence-corrected chi connectivity index (χ1v) is 24.0. The van der Waals surface area contributed by atoms with Crippen molar-refractivity contribution in [3.63, 3.8) is 0 Å². The molecule has 5 heterocycles. The number of nitrogens with zero attached hydrogens (tertiary/aromatic N) is 5. The van der Waals surface area contributed by atoms with E-state index in [-0.39, 0.29) is 46.6 Å². The molecule has 5 aliphatic rings. The molecular formula is C47H62ClN5O6S. The first-order valence-electron chi connectivity index (χ1n) is 21.8. The smallest absolute Gasteiger partial charge is 0.285 e. The summed E-state index contributed by atoms with van der Waals surface area (Å²) in [6.07, 6.45) is 9.47. The Morgan fingerprint density at radius 1 is 1.08 bits per heavy atom. The maximum atomic E-state index is 15.0. The van der Waals surface area contributed by atoms with Gasteiger partial charge in [0, 0.05) is 105 Å². The van der Waals surface area contributed by atoms with E-state index in [0.29, 0.717) is 55.6 Å². The Labute approximate surface area is 361 Å². The summed E-state index contributed by atoms with van der Waals surface area (Å²) in [5, 5.41) is 0.738. The van der Waals surface area contributed by atoms with E-state index >= 15 is 4.21 Å². The lowest BCUT2D eigenvalue weighted by molar-refractivity contribution is -0.0464. The topological polar surface area (TPSA) is 106 Å². The van der Waals surface area contributed by atoms with Gasteiger partial charge in [0.25, 0.3) is 5.91 Å². The molecule has 1 aromatic heterocycles. The fraction of sp³-hybridized carbons (Fsp3) is 0.574. The van der Waals surface area contributed by atoms with Crippen LogP contribution in [0.3, 0.4) is 0 Å². The second kappa shape index (κ2) is 18.1. The number of carbonyl (C=O) groups is 2. The normalized spacial score (nSPS) is 31.1. The van der Waals surface area contributed by atoms with Crippen LogP contribution in [-0.2, 0) is 44.6 Å². The molecule has 2 fully saturated rings. The number of rotatable bonds is 6. The van der Waals surface area contributed by atoms with Crippen LogP contribution in [0.15, 0.2) is 65.2 Å². The van der Waals surface area contributed by atoms with Gasteiger partial charge in [-0.3, -0.25) is 19.4 Å². The first kappa shape index (κ1) is 43.1. The van der Waals surface area contributed by atoms with E-state index in [4.69, 9.17) is 25.8 Å². The number of morpholine rings is 1. The van der Waals surface area contributed by atoms with Crippen molar-refractivity contribution in [3.8, 4) is 5.75 Å². The molecule has 7 atom stereocenters.